The second kappa shape index (κ2) is 5.95. The second-order valence-corrected chi connectivity index (χ2v) is 3.98. The van der Waals surface area contributed by atoms with Gasteiger partial charge in [0.15, 0.2) is 0 Å². The summed E-state index contributed by atoms with van der Waals surface area (Å²) in [5.41, 5.74) is 1.82. The van der Waals surface area contributed by atoms with Crippen LogP contribution in [0.3, 0.4) is 0 Å². The molecule has 19 heavy (non-hydrogen) atoms. The lowest BCUT2D eigenvalue weighted by molar-refractivity contribution is 0.0951. The summed E-state index contributed by atoms with van der Waals surface area (Å²) < 4.78 is 13.2. The maximum Gasteiger partial charge on any atom is 0.253 e. The largest absolute Gasteiger partial charge is 0.387 e. The molecule has 1 aromatic heterocycles. The summed E-state index contributed by atoms with van der Waals surface area (Å²) in [7, 11) is 1.69. The van der Waals surface area contributed by atoms with Crippen LogP contribution < -0.4 is 10.6 Å². The van der Waals surface area contributed by atoms with Crippen LogP contribution in [0.1, 0.15) is 15.9 Å². The molecule has 1 amide bonds. The molecule has 0 atom stereocenters. The van der Waals surface area contributed by atoms with Crippen LogP contribution in [0.4, 0.5) is 10.1 Å². The van der Waals surface area contributed by atoms with Crippen molar-refractivity contribution in [3.8, 4) is 0 Å². The molecule has 0 fully saturated rings. The third-order valence-electron chi connectivity index (χ3n) is 2.70. The van der Waals surface area contributed by atoms with Crippen molar-refractivity contribution >= 4 is 11.6 Å². The van der Waals surface area contributed by atoms with E-state index in [9.17, 15) is 9.18 Å². The number of hydrogen-bond donors (Lipinski definition) is 2. The van der Waals surface area contributed by atoms with Crippen molar-refractivity contribution in [3.05, 3.63) is 59.7 Å². The van der Waals surface area contributed by atoms with Gasteiger partial charge in [0, 0.05) is 31.7 Å². The average Bonchev–Trinajstić information content (AvgIpc) is 2.46. The van der Waals surface area contributed by atoms with Crippen LogP contribution in [-0.4, -0.2) is 17.9 Å². The molecule has 4 nitrogen and oxygen atoms in total. The zero-order valence-corrected chi connectivity index (χ0v) is 10.5. The number of aromatic nitrogens is 1. The van der Waals surface area contributed by atoms with Gasteiger partial charge in [0.1, 0.15) is 5.82 Å². The number of carbonyl (C=O) groups excluding carboxylic acids is 1. The summed E-state index contributed by atoms with van der Waals surface area (Å²) in [5.74, 6) is -0.756. The first-order valence-corrected chi connectivity index (χ1v) is 5.85. The predicted octanol–water partition coefficient (Wildman–Crippen LogP) is 2.19. The van der Waals surface area contributed by atoms with E-state index in [0.717, 1.165) is 5.56 Å². The van der Waals surface area contributed by atoms with E-state index in [2.05, 4.69) is 15.6 Å². The maximum atomic E-state index is 13.2. The Morgan fingerprint density at radius 2 is 2.00 bits per heavy atom. The van der Waals surface area contributed by atoms with Gasteiger partial charge in [0.05, 0.1) is 5.56 Å². The number of amides is 1. The molecule has 0 aliphatic carbocycles. The van der Waals surface area contributed by atoms with E-state index >= 15 is 0 Å². The molecule has 2 aromatic rings. The van der Waals surface area contributed by atoms with Gasteiger partial charge in [0.2, 0.25) is 0 Å². The Balaban J connectivity index is 2.10. The summed E-state index contributed by atoms with van der Waals surface area (Å²) >= 11 is 0. The molecule has 0 aliphatic heterocycles. The lowest BCUT2D eigenvalue weighted by Gasteiger charge is -2.10. The Bertz CT molecular complexity index is 572. The Hall–Kier alpha value is -2.43. The molecule has 0 radical (unpaired) electrons. The quantitative estimate of drug-likeness (QED) is 0.885. The number of halogens is 1. The zero-order chi connectivity index (χ0) is 13.7. The fourth-order valence-corrected chi connectivity index (χ4v) is 1.70. The number of rotatable bonds is 4. The fourth-order valence-electron chi connectivity index (χ4n) is 1.70. The van der Waals surface area contributed by atoms with Gasteiger partial charge in [-0.1, -0.05) is 0 Å². The van der Waals surface area contributed by atoms with Gasteiger partial charge in [0.25, 0.3) is 5.91 Å². The molecule has 1 heterocycles. The van der Waals surface area contributed by atoms with Gasteiger partial charge in [-0.2, -0.15) is 0 Å². The molecule has 0 unspecified atom stereocenters. The van der Waals surface area contributed by atoms with E-state index in [-0.39, 0.29) is 11.5 Å². The van der Waals surface area contributed by atoms with Crippen molar-refractivity contribution in [2.24, 2.45) is 0 Å². The summed E-state index contributed by atoms with van der Waals surface area (Å²) in [5, 5.41) is 5.61. The van der Waals surface area contributed by atoms with Crippen molar-refractivity contribution in [1.82, 2.24) is 10.3 Å². The number of anilines is 1. The fraction of sp³-hybridized carbons (Fsp3) is 0.143. The molecule has 2 rings (SSSR count). The van der Waals surface area contributed by atoms with Crippen molar-refractivity contribution in [3.63, 3.8) is 0 Å². The minimum absolute atomic E-state index is 0.288. The zero-order valence-electron chi connectivity index (χ0n) is 10.5. The normalized spacial score (nSPS) is 10.0. The summed E-state index contributed by atoms with van der Waals surface area (Å²) in [4.78, 5) is 15.9. The molecule has 1 aromatic carbocycles. The smallest absolute Gasteiger partial charge is 0.253 e. The van der Waals surface area contributed by atoms with E-state index < -0.39 is 5.82 Å². The Morgan fingerprint density at radius 1 is 1.26 bits per heavy atom. The Kier molecular flexibility index (Phi) is 4.07. The molecule has 0 spiro atoms. The average molecular weight is 259 g/mol. The highest BCUT2D eigenvalue weighted by Gasteiger charge is 2.11. The number of nitrogens with zero attached hydrogens (tertiary/aromatic N) is 1. The topological polar surface area (TPSA) is 54.0 Å². The van der Waals surface area contributed by atoms with Crippen LogP contribution in [0.2, 0.25) is 0 Å². The molecular formula is C14H14FN3O. The second-order valence-electron chi connectivity index (χ2n) is 3.98. The van der Waals surface area contributed by atoms with E-state index in [1.165, 1.54) is 18.2 Å². The van der Waals surface area contributed by atoms with Gasteiger partial charge in [-0.3, -0.25) is 9.78 Å². The molecular weight excluding hydrogens is 245 g/mol. The molecule has 2 N–H and O–H groups in total. The van der Waals surface area contributed by atoms with Crippen LogP contribution in [0.25, 0.3) is 0 Å². The van der Waals surface area contributed by atoms with Gasteiger partial charge >= 0.3 is 0 Å². The third kappa shape index (κ3) is 3.28. The highest BCUT2D eigenvalue weighted by molar-refractivity contribution is 5.99. The van der Waals surface area contributed by atoms with Crippen LogP contribution >= 0.6 is 0 Å². The lowest BCUT2D eigenvalue weighted by atomic mass is 10.1. The molecule has 0 saturated carbocycles. The minimum atomic E-state index is -0.437. The lowest BCUT2D eigenvalue weighted by Crippen LogP contribution is -2.23. The van der Waals surface area contributed by atoms with Crippen molar-refractivity contribution in [2.75, 3.05) is 12.4 Å². The number of carbonyl (C=O) groups is 1. The number of benzene rings is 1. The summed E-state index contributed by atoms with van der Waals surface area (Å²) in [6, 6.07) is 7.69. The van der Waals surface area contributed by atoms with Crippen molar-refractivity contribution in [1.29, 1.82) is 0 Å². The van der Waals surface area contributed by atoms with E-state index in [0.29, 0.717) is 12.2 Å². The van der Waals surface area contributed by atoms with Gasteiger partial charge < -0.3 is 10.6 Å². The standard InChI is InChI=1S/C14H14FN3O/c1-16-13-3-2-11(15)8-12(13)14(19)18-9-10-4-6-17-7-5-10/h2-8,16H,9H2,1H3,(H,18,19). The maximum absolute atomic E-state index is 13.2. The Labute approximate surface area is 110 Å². The highest BCUT2D eigenvalue weighted by atomic mass is 19.1. The summed E-state index contributed by atoms with van der Waals surface area (Å²) in [6.45, 7) is 0.376. The van der Waals surface area contributed by atoms with E-state index in [1.807, 2.05) is 12.1 Å². The van der Waals surface area contributed by atoms with Gasteiger partial charge in [-0.05, 0) is 35.9 Å². The molecule has 0 bridgehead atoms. The number of pyridine rings is 1. The van der Waals surface area contributed by atoms with Crippen molar-refractivity contribution in [2.45, 2.75) is 6.54 Å². The first-order valence-electron chi connectivity index (χ1n) is 5.85. The van der Waals surface area contributed by atoms with Crippen LogP contribution in [0.15, 0.2) is 42.7 Å². The number of nitrogens with one attached hydrogen (secondary N) is 2. The molecule has 0 saturated heterocycles. The van der Waals surface area contributed by atoms with Crippen LogP contribution in [0, 0.1) is 5.82 Å². The SMILES string of the molecule is CNc1ccc(F)cc1C(=O)NCc1ccncc1. The van der Waals surface area contributed by atoms with Crippen LogP contribution in [0.5, 0.6) is 0 Å². The Morgan fingerprint density at radius 3 is 2.68 bits per heavy atom. The van der Waals surface area contributed by atoms with E-state index in [1.54, 1.807) is 19.4 Å². The van der Waals surface area contributed by atoms with Crippen LogP contribution in [-0.2, 0) is 6.54 Å². The molecule has 5 heteroatoms. The first kappa shape index (κ1) is 13.0. The van der Waals surface area contributed by atoms with Gasteiger partial charge in [-0.25, -0.2) is 4.39 Å². The monoisotopic (exact) mass is 259 g/mol. The van der Waals surface area contributed by atoms with E-state index in [4.69, 9.17) is 0 Å². The predicted molar refractivity (Wildman–Crippen MR) is 71.4 cm³/mol. The molecule has 98 valence electrons. The minimum Gasteiger partial charge on any atom is -0.387 e. The molecule has 0 aliphatic rings. The highest BCUT2D eigenvalue weighted by Crippen LogP contribution is 2.16. The third-order valence-corrected chi connectivity index (χ3v) is 2.70. The van der Waals surface area contributed by atoms with Crippen molar-refractivity contribution < 1.29 is 9.18 Å². The number of hydrogen-bond acceptors (Lipinski definition) is 3. The van der Waals surface area contributed by atoms with Gasteiger partial charge in [-0.15, -0.1) is 0 Å². The summed E-state index contributed by atoms with van der Waals surface area (Å²) in [6.07, 6.45) is 3.31. The first-order chi connectivity index (χ1) is 9.20.